The number of nitrogens with one attached hydrogen (secondary N) is 1. The van der Waals surface area contributed by atoms with Crippen molar-refractivity contribution >= 4 is 34.4 Å². The summed E-state index contributed by atoms with van der Waals surface area (Å²) in [7, 11) is 1.64. The highest BCUT2D eigenvalue weighted by Crippen LogP contribution is 2.17. The molecule has 1 N–H and O–H groups in total. The Labute approximate surface area is 151 Å². The van der Waals surface area contributed by atoms with Crippen molar-refractivity contribution in [2.24, 2.45) is 13.0 Å². The van der Waals surface area contributed by atoms with Crippen LogP contribution in [-0.4, -0.2) is 33.0 Å². The first kappa shape index (κ1) is 19.2. The van der Waals surface area contributed by atoms with Crippen molar-refractivity contribution in [1.82, 2.24) is 14.9 Å². The molecule has 0 saturated carbocycles. The molecule has 2 aromatic rings. The number of benzene rings is 1. The molecule has 0 saturated heterocycles. The summed E-state index contributed by atoms with van der Waals surface area (Å²) in [6, 6.07) is 5.02. The number of hydrogen-bond acceptors (Lipinski definition) is 5. The van der Waals surface area contributed by atoms with Crippen LogP contribution < -0.4 is 10.9 Å². The Bertz CT molecular complexity index is 874. The number of aryl methyl sites for hydroxylation is 1. The van der Waals surface area contributed by atoms with Gasteiger partial charge in [0.2, 0.25) is 5.91 Å². The molecule has 0 bridgehead atoms. The molecule has 0 aliphatic heterocycles. The summed E-state index contributed by atoms with van der Waals surface area (Å²) in [5.74, 6) is -0.205. The number of rotatable bonds is 6. The molecule has 1 aromatic heterocycles. The van der Waals surface area contributed by atoms with E-state index in [9.17, 15) is 14.4 Å². The lowest BCUT2D eigenvalue weighted by Gasteiger charge is -2.19. The minimum atomic E-state index is -0.496. The molecule has 6 nitrogen and oxygen atoms in total. The summed E-state index contributed by atoms with van der Waals surface area (Å²) in [6.07, 6.45) is 0. The zero-order valence-electron chi connectivity index (χ0n) is 15.1. The maximum atomic E-state index is 12.5. The normalized spacial score (nSPS) is 12.4. The van der Waals surface area contributed by atoms with Gasteiger partial charge in [-0.05, 0) is 31.9 Å². The zero-order chi connectivity index (χ0) is 18.7. The summed E-state index contributed by atoms with van der Waals surface area (Å²) in [4.78, 5) is 40.7. The standard InChI is InChI=1S/C18H23N3O3S/c1-10(2)16(12(4)22)20-15(23)9-25-18-19-14-7-6-11(3)8-13(14)17(24)21(18)5/h6-8,10,16H,9H2,1-5H3,(H,20,23). The van der Waals surface area contributed by atoms with E-state index in [0.717, 1.165) is 5.56 Å². The molecule has 25 heavy (non-hydrogen) atoms. The Morgan fingerprint density at radius 3 is 2.60 bits per heavy atom. The van der Waals surface area contributed by atoms with Gasteiger partial charge in [-0.3, -0.25) is 19.0 Å². The zero-order valence-corrected chi connectivity index (χ0v) is 15.9. The largest absolute Gasteiger partial charge is 0.345 e. The molecule has 0 spiro atoms. The van der Waals surface area contributed by atoms with Gasteiger partial charge in [-0.25, -0.2) is 4.98 Å². The van der Waals surface area contributed by atoms with Gasteiger partial charge in [0.05, 0.1) is 22.7 Å². The van der Waals surface area contributed by atoms with Crippen molar-refractivity contribution in [3.05, 3.63) is 34.1 Å². The van der Waals surface area contributed by atoms with Crippen LogP contribution in [0.3, 0.4) is 0 Å². The highest BCUT2D eigenvalue weighted by Gasteiger charge is 2.21. The SMILES string of the molecule is CC(=O)C(NC(=O)CSc1nc2ccc(C)cc2c(=O)n1C)C(C)C. The summed E-state index contributed by atoms with van der Waals surface area (Å²) < 4.78 is 1.45. The Hall–Kier alpha value is -2.15. The maximum Gasteiger partial charge on any atom is 0.261 e. The van der Waals surface area contributed by atoms with E-state index in [2.05, 4.69) is 10.3 Å². The third kappa shape index (κ3) is 4.48. The number of amides is 1. The van der Waals surface area contributed by atoms with Gasteiger partial charge < -0.3 is 5.32 Å². The smallest absolute Gasteiger partial charge is 0.261 e. The van der Waals surface area contributed by atoms with Crippen LogP contribution in [0.15, 0.2) is 28.2 Å². The van der Waals surface area contributed by atoms with Crippen molar-refractivity contribution in [3.8, 4) is 0 Å². The fourth-order valence-corrected chi connectivity index (χ4v) is 3.36. The number of hydrogen-bond donors (Lipinski definition) is 1. The minimum absolute atomic E-state index is 0.0258. The molecule has 0 aliphatic carbocycles. The number of nitrogens with zero attached hydrogens (tertiary/aromatic N) is 2. The van der Waals surface area contributed by atoms with Crippen LogP contribution >= 0.6 is 11.8 Å². The second kappa shape index (κ2) is 7.82. The number of fused-ring (bicyclic) bond motifs is 1. The van der Waals surface area contributed by atoms with Crippen molar-refractivity contribution in [1.29, 1.82) is 0 Å². The molecule has 7 heteroatoms. The average Bonchev–Trinajstić information content (AvgIpc) is 2.54. The Balaban J connectivity index is 2.17. The van der Waals surface area contributed by atoms with Crippen LogP contribution in [-0.2, 0) is 16.6 Å². The van der Waals surface area contributed by atoms with E-state index in [1.54, 1.807) is 13.1 Å². The lowest BCUT2D eigenvalue weighted by Crippen LogP contribution is -2.44. The van der Waals surface area contributed by atoms with Gasteiger partial charge in [0, 0.05) is 7.05 Å². The van der Waals surface area contributed by atoms with Gasteiger partial charge in [-0.2, -0.15) is 0 Å². The highest BCUT2D eigenvalue weighted by molar-refractivity contribution is 7.99. The lowest BCUT2D eigenvalue weighted by atomic mass is 10.0. The Kier molecular flexibility index (Phi) is 6.00. The molecule has 0 radical (unpaired) electrons. The number of ketones is 1. The van der Waals surface area contributed by atoms with Gasteiger partial charge >= 0.3 is 0 Å². The van der Waals surface area contributed by atoms with E-state index >= 15 is 0 Å². The van der Waals surface area contributed by atoms with Gasteiger partial charge in [0.1, 0.15) is 0 Å². The molecule has 1 heterocycles. The van der Waals surface area contributed by atoms with E-state index in [1.807, 2.05) is 32.9 Å². The number of aromatic nitrogens is 2. The number of thioether (sulfide) groups is 1. The van der Waals surface area contributed by atoms with Crippen LogP contribution in [0.25, 0.3) is 10.9 Å². The van der Waals surface area contributed by atoms with Crippen molar-refractivity contribution in [2.45, 2.75) is 38.9 Å². The summed E-state index contributed by atoms with van der Waals surface area (Å²) in [5, 5.41) is 3.78. The summed E-state index contributed by atoms with van der Waals surface area (Å²) in [5.41, 5.74) is 1.47. The first-order valence-electron chi connectivity index (χ1n) is 8.10. The molecule has 1 aromatic carbocycles. The predicted octanol–water partition coefficient (Wildman–Crippen LogP) is 2.06. The minimum Gasteiger partial charge on any atom is -0.345 e. The summed E-state index contributed by atoms with van der Waals surface area (Å²) in [6.45, 7) is 7.16. The second-order valence-electron chi connectivity index (χ2n) is 6.47. The van der Waals surface area contributed by atoms with E-state index in [4.69, 9.17) is 0 Å². The third-order valence-corrected chi connectivity index (χ3v) is 4.97. The molecule has 1 amide bonds. The van der Waals surface area contributed by atoms with Crippen LogP contribution in [0.5, 0.6) is 0 Å². The highest BCUT2D eigenvalue weighted by atomic mass is 32.2. The molecule has 1 atom stereocenters. The van der Waals surface area contributed by atoms with E-state index in [0.29, 0.717) is 16.1 Å². The van der Waals surface area contributed by atoms with Gasteiger partial charge in [0.15, 0.2) is 10.9 Å². The molecule has 134 valence electrons. The van der Waals surface area contributed by atoms with Crippen molar-refractivity contribution in [3.63, 3.8) is 0 Å². The Morgan fingerprint density at radius 2 is 2.00 bits per heavy atom. The van der Waals surface area contributed by atoms with Crippen LogP contribution in [0.4, 0.5) is 0 Å². The number of carbonyl (C=O) groups excluding carboxylic acids is 2. The van der Waals surface area contributed by atoms with Gasteiger partial charge in [0.25, 0.3) is 5.56 Å². The molecular weight excluding hydrogens is 338 g/mol. The fraction of sp³-hybridized carbons (Fsp3) is 0.444. The van der Waals surface area contributed by atoms with Crippen LogP contribution in [0, 0.1) is 12.8 Å². The third-order valence-electron chi connectivity index (χ3n) is 3.94. The average molecular weight is 361 g/mol. The second-order valence-corrected chi connectivity index (χ2v) is 7.41. The van der Waals surface area contributed by atoms with E-state index in [1.165, 1.54) is 23.3 Å². The number of Topliss-reactive ketones (excluding diaryl/α,β-unsaturated/α-hetero) is 1. The van der Waals surface area contributed by atoms with E-state index < -0.39 is 6.04 Å². The number of carbonyl (C=O) groups is 2. The molecule has 1 unspecified atom stereocenters. The van der Waals surface area contributed by atoms with Gasteiger partial charge in [-0.1, -0.05) is 37.2 Å². The fourth-order valence-electron chi connectivity index (χ4n) is 2.58. The molecule has 0 fully saturated rings. The molecular formula is C18H23N3O3S. The van der Waals surface area contributed by atoms with Gasteiger partial charge in [-0.15, -0.1) is 0 Å². The Morgan fingerprint density at radius 1 is 1.32 bits per heavy atom. The maximum absolute atomic E-state index is 12.5. The quantitative estimate of drug-likeness (QED) is 0.629. The van der Waals surface area contributed by atoms with E-state index in [-0.39, 0.29) is 28.9 Å². The predicted molar refractivity (Wildman–Crippen MR) is 99.9 cm³/mol. The molecule has 2 rings (SSSR count). The van der Waals surface area contributed by atoms with Crippen LogP contribution in [0.1, 0.15) is 26.3 Å². The topological polar surface area (TPSA) is 81.1 Å². The van der Waals surface area contributed by atoms with Crippen molar-refractivity contribution < 1.29 is 9.59 Å². The first-order valence-corrected chi connectivity index (χ1v) is 9.09. The molecule has 0 aliphatic rings. The summed E-state index contributed by atoms with van der Waals surface area (Å²) >= 11 is 1.18. The van der Waals surface area contributed by atoms with Crippen LogP contribution in [0.2, 0.25) is 0 Å². The monoisotopic (exact) mass is 361 g/mol. The van der Waals surface area contributed by atoms with Crippen molar-refractivity contribution in [2.75, 3.05) is 5.75 Å². The first-order chi connectivity index (χ1) is 11.7. The lowest BCUT2D eigenvalue weighted by molar-refractivity contribution is -0.126.